The van der Waals surface area contributed by atoms with Crippen LogP contribution in [0.5, 0.6) is 0 Å². The highest BCUT2D eigenvalue weighted by Gasteiger charge is 2.29. The first-order chi connectivity index (χ1) is 7.29. The largest absolute Gasteiger partial charge is 0.393 e. The van der Waals surface area contributed by atoms with Crippen molar-refractivity contribution in [3.8, 4) is 0 Å². The van der Waals surface area contributed by atoms with Gasteiger partial charge in [0.2, 0.25) is 0 Å². The first-order valence-electron chi connectivity index (χ1n) is 6.73. The van der Waals surface area contributed by atoms with Gasteiger partial charge in [-0.05, 0) is 44.4 Å². The highest BCUT2D eigenvalue weighted by atomic mass is 16.3. The second kappa shape index (κ2) is 5.31. The van der Waals surface area contributed by atoms with Crippen molar-refractivity contribution in [3.63, 3.8) is 0 Å². The van der Waals surface area contributed by atoms with Gasteiger partial charge in [0.05, 0.1) is 6.10 Å². The molecule has 2 nitrogen and oxygen atoms in total. The lowest BCUT2D eigenvalue weighted by molar-refractivity contribution is 0.106. The summed E-state index contributed by atoms with van der Waals surface area (Å²) >= 11 is 0. The Balaban J connectivity index is 1.80. The van der Waals surface area contributed by atoms with Crippen LogP contribution < -0.4 is 5.32 Å². The van der Waals surface area contributed by atoms with E-state index < -0.39 is 0 Å². The van der Waals surface area contributed by atoms with Crippen LogP contribution in [0.15, 0.2) is 0 Å². The molecule has 0 aromatic heterocycles. The Morgan fingerprint density at radius 3 is 2.67 bits per heavy atom. The third-order valence-electron chi connectivity index (χ3n) is 4.28. The quantitative estimate of drug-likeness (QED) is 0.751. The summed E-state index contributed by atoms with van der Waals surface area (Å²) in [6, 6.07) is 1.33. The van der Waals surface area contributed by atoms with E-state index in [9.17, 15) is 5.11 Å². The smallest absolute Gasteiger partial charge is 0.0555 e. The molecule has 0 amide bonds. The van der Waals surface area contributed by atoms with Crippen molar-refractivity contribution in [2.45, 2.75) is 76.5 Å². The molecule has 2 N–H and O–H groups in total. The van der Waals surface area contributed by atoms with E-state index in [-0.39, 0.29) is 6.10 Å². The Labute approximate surface area is 93.5 Å². The molecule has 2 fully saturated rings. The van der Waals surface area contributed by atoms with Gasteiger partial charge in [0.15, 0.2) is 0 Å². The fourth-order valence-corrected chi connectivity index (χ4v) is 3.36. The van der Waals surface area contributed by atoms with Crippen molar-refractivity contribution in [1.29, 1.82) is 0 Å². The summed E-state index contributed by atoms with van der Waals surface area (Å²) in [5.74, 6) is 0.893. The van der Waals surface area contributed by atoms with Gasteiger partial charge < -0.3 is 10.4 Å². The number of nitrogens with one attached hydrogen (secondary N) is 1. The summed E-state index contributed by atoms with van der Waals surface area (Å²) < 4.78 is 0. The standard InChI is InChI=1S/C13H25NO/c1-2-10-5-3-8-13(10)14-11-6-4-7-12(15)9-11/h10-15H,2-9H2,1H3. The van der Waals surface area contributed by atoms with Crippen LogP contribution in [-0.2, 0) is 0 Å². The van der Waals surface area contributed by atoms with Gasteiger partial charge in [0.1, 0.15) is 0 Å². The predicted octanol–water partition coefficient (Wildman–Crippen LogP) is 2.46. The Bertz CT molecular complexity index is 195. The second-order valence-corrected chi connectivity index (χ2v) is 5.39. The van der Waals surface area contributed by atoms with Crippen LogP contribution in [0.25, 0.3) is 0 Å². The summed E-state index contributed by atoms with van der Waals surface area (Å²) in [7, 11) is 0. The lowest BCUT2D eigenvalue weighted by atomic mass is 9.91. The topological polar surface area (TPSA) is 32.3 Å². The zero-order chi connectivity index (χ0) is 10.7. The average molecular weight is 211 g/mol. The van der Waals surface area contributed by atoms with Crippen molar-refractivity contribution in [2.75, 3.05) is 0 Å². The molecule has 2 aliphatic rings. The maximum atomic E-state index is 9.64. The molecule has 4 atom stereocenters. The molecule has 0 aliphatic heterocycles. The summed E-state index contributed by atoms with van der Waals surface area (Å²) in [5, 5.41) is 13.4. The van der Waals surface area contributed by atoms with Crippen molar-refractivity contribution in [3.05, 3.63) is 0 Å². The van der Waals surface area contributed by atoms with Crippen molar-refractivity contribution < 1.29 is 5.11 Å². The van der Waals surface area contributed by atoms with Crippen LogP contribution >= 0.6 is 0 Å². The Kier molecular flexibility index (Phi) is 4.04. The van der Waals surface area contributed by atoms with Gasteiger partial charge in [-0.15, -0.1) is 0 Å². The highest BCUT2D eigenvalue weighted by molar-refractivity contribution is 4.87. The van der Waals surface area contributed by atoms with Gasteiger partial charge in [0, 0.05) is 12.1 Å². The fraction of sp³-hybridized carbons (Fsp3) is 1.00. The minimum atomic E-state index is -0.0438. The molecule has 0 spiro atoms. The number of aliphatic hydroxyl groups excluding tert-OH is 1. The van der Waals surface area contributed by atoms with Crippen LogP contribution in [-0.4, -0.2) is 23.3 Å². The van der Waals surface area contributed by atoms with E-state index in [1.54, 1.807) is 0 Å². The molecule has 2 saturated carbocycles. The maximum absolute atomic E-state index is 9.64. The van der Waals surface area contributed by atoms with Crippen LogP contribution in [0.2, 0.25) is 0 Å². The Morgan fingerprint density at radius 1 is 1.13 bits per heavy atom. The van der Waals surface area contributed by atoms with Crippen molar-refractivity contribution in [1.82, 2.24) is 5.32 Å². The van der Waals surface area contributed by atoms with Gasteiger partial charge in [-0.25, -0.2) is 0 Å². The minimum absolute atomic E-state index is 0.0438. The lowest BCUT2D eigenvalue weighted by Gasteiger charge is -2.31. The fourth-order valence-electron chi connectivity index (χ4n) is 3.36. The van der Waals surface area contributed by atoms with E-state index in [1.807, 2.05) is 0 Å². The van der Waals surface area contributed by atoms with E-state index in [2.05, 4.69) is 12.2 Å². The molecule has 0 saturated heterocycles. The summed E-state index contributed by atoms with van der Waals surface area (Å²) in [5.41, 5.74) is 0. The summed E-state index contributed by atoms with van der Waals surface area (Å²) in [6.07, 6.45) is 9.88. The molecular weight excluding hydrogens is 186 g/mol. The van der Waals surface area contributed by atoms with Gasteiger partial charge in [0.25, 0.3) is 0 Å². The van der Waals surface area contributed by atoms with Gasteiger partial charge in [-0.3, -0.25) is 0 Å². The van der Waals surface area contributed by atoms with E-state index in [0.29, 0.717) is 6.04 Å². The molecular formula is C13H25NO. The van der Waals surface area contributed by atoms with E-state index in [4.69, 9.17) is 0 Å². The molecule has 2 aliphatic carbocycles. The first-order valence-corrected chi connectivity index (χ1v) is 6.73. The molecule has 0 heterocycles. The van der Waals surface area contributed by atoms with E-state index in [1.165, 1.54) is 38.5 Å². The molecule has 0 radical (unpaired) electrons. The minimum Gasteiger partial charge on any atom is -0.393 e. The normalized spacial score (nSPS) is 42.0. The van der Waals surface area contributed by atoms with Crippen LogP contribution in [0.3, 0.4) is 0 Å². The Morgan fingerprint density at radius 2 is 1.93 bits per heavy atom. The van der Waals surface area contributed by atoms with Gasteiger partial charge in [-0.1, -0.05) is 19.8 Å². The molecule has 0 aromatic carbocycles. The number of hydrogen-bond donors (Lipinski definition) is 2. The first kappa shape index (κ1) is 11.4. The Hall–Kier alpha value is -0.0800. The lowest BCUT2D eigenvalue weighted by Crippen LogP contribution is -2.43. The number of rotatable bonds is 3. The van der Waals surface area contributed by atoms with Crippen molar-refractivity contribution >= 4 is 0 Å². The maximum Gasteiger partial charge on any atom is 0.0555 e. The molecule has 0 aromatic rings. The average Bonchev–Trinajstić information content (AvgIpc) is 2.65. The van der Waals surface area contributed by atoms with Gasteiger partial charge in [-0.2, -0.15) is 0 Å². The number of hydrogen-bond acceptors (Lipinski definition) is 2. The summed E-state index contributed by atoms with van der Waals surface area (Å²) in [4.78, 5) is 0. The van der Waals surface area contributed by atoms with Crippen LogP contribution in [0.1, 0.15) is 58.3 Å². The molecule has 2 heteroatoms. The summed E-state index contributed by atoms with van der Waals surface area (Å²) in [6.45, 7) is 2.31. The third kappa shape index (κ3) is 2.94. The molecule has 0 bridgehead atoms. The molecule has 2 rings (SSSR count). The zero-order valence-electron chi connectivity index (χ0n) is 9.91. The monoisotopic (exact) mass is 211 g/mol. The SMILES string of the molecule is CCC1CCCC1NC1CCCC(O)C1. The van der Waals surface area contributed by atoms with E-state index >= 15 is 0 Å². The molecule has 4 unspecified atom stereocenters. The molecule has 88 valence electrons. The highest BCUT2D eigenvalue weighted by Crippen LogP contribution is 2.30. The van der Waals surface area contributed by atoms with Crippen LogP contribution in [0, 0.1) is 5.92 Å². The van der Waals surface area contributed by atoms with Crippen molar-refractivity contribution in [2.24, 2.45) is 5.92 Å². The van der Waals surface area contributed by atoms with Crippen LogP contribution in [0.4, 0.5) is 0 Å². The zero-order valence-corrected chi connectivity index (χ0v) is 9.91. The third-order valence-corrected chi connectivity index (χ3v) is 4.28. The van der Waals surface area contributed by atoms with E-state index in [0.717, 1.165) is 24.8 Å². The second-order valence-electron chi connectivity index (χ2n) is 5.39. The number of aliphatic hydroxyl groups is 1. The molecule has 15 heavy (non-hydrogen) atoms. The van der Waals surface area contributed by atoms with Gasteiger partial charge >= 0.3 is 0 Å². The predicted molar refractivity (Wildman–Crippen MR) is 62.8 cm³/mol.